The molecule has 0 fully saturated rings. The van der Waals surface area contributed by atoms with Gasteiger partial charge in [0.15, 0.2) is 11.6 Å². The third kappa shape index (κ3) is 7.87. The Hall–Kier alpha value is -3.48. The number of alkyl halides is 3. The van der Waals surface area contributed by atoms with Gasteiger partial charge >= 0.3 is 24.1 Å². The zero-order valence-electron chi connectivity index (χ0n) is 14.8. The van der Waals surface area contributed by atoms with Crippen molar-refractivity contribution in [3.8, 4) is 5.75 Å². The van der Waals surface area contributed by atoms with Gasteiger partial charge in [-0.25, -0.2) is 14.0 Å². The number of carbonyl (C=O) groups excluding carboxylic acids is 1. The lowest BCUT2D eigenvalue weighted by molar-refractivity contribution is -0.192. The smallest absolute Gasteiger partial charge is 0.481 e. The first-order chi connectivity index (χ1) is 13.8. The largest absolute Gasteiger partial charge is 0.490 e. The molecule has 0 saturated heterocycles. The molecule has 0 unspecified atom stereocenters. The summed E-state index contributed by atoms with van der Waals surface area (Å²) < 4.78 is 50.5. The minimum atomic E-state index is -5.08. The Morgan fingerprint density at radius 3 is 2.20 bits per heavy atom. The molecular weight excluding hydrogens is 436 g/mol. The molecule has 0 spiro atoms. The number of nitrogens with one attached hydrogen (secondary N) is 1. The van der Waals surface area contributed by atoms with Crippen LogP contribution >= 0.6 is 11.3 Å². The number of carboxylic acids is 2. The lowest BCUT2D eigenvalue weighted by Gasteiger charge is -2.05. The highest BCUT2D eigenvalue weighted by Crippen LogP contribution is 2.23. The van der Waals surface area contributed by atoms with Gasteiger partial charge in [0.25, 0.3) is 0 Å². The van der Waals surface area contributed by atoms with Gasteiger partial charge in [0, 0.05) is 10.4 Å². The Kier molecular flexibility index (Phi) is 8.46. The number of benzene rings is 1. The maximum absolute atomic E-state index is 13.8. The zero-order chi connectivity index (χ0) is 23.1. The number of nitrogens with two attached hydrogens (primary N) is 1. The van der Waals surface area contributed by atoms with Crippen LogP contribution in [0.25, 0.3) is 0 Å². The van der Waals surface area contributed by atoms with Crippen LogP contribution in [0.5, 0.6) is 5.75 Å². The first kappa shape index (κ1) is 24.6. The number of ether oxygens (including phenoxy) is 1. The number of rotatable bonds is 6. The van der Waals surface area contributed by atoms with Crippen molar-refractivity contribution >= 4 is 35.1 Å². The van der Waals surface area contributed by atoms with Gasteiger partial charge in [-0.05, 0) is 36.8 Å². The number of esters is 1. The third-order valence-corrected chi connectivity index (χ3v) is 4.26. The highest BCUT2D eigenvalue weighted by atomic mass is 32.1. The minimum absolute atomic E-state index is 0.0316. The van der Waals surface area contributed by atoms with Crippen LogP contribution in [0.3, 0.4) is 0 Å². The van der Waals surface area contributed by atoms with E-state index in [2.05, 4.69) is 0 Å². The van der Waals surface area contributed by atoms with Gasteiger partial charge in [-0.1, -0.05) is 0 Å². The van der Waals surface area contributed by atoms with Crippen molar-refractivity contribution in [2.75, 3.05) is 0 Å². The molecule has 1 aromatic heterocycles. The molecule has 0 bridgehead atoms. The second-order valence-corrected chi connectivity index (χ2v) is 6.58. The van der Waals surface area contributed by atoms with Crippen LogP contribution in [0, 0.1) is 11.2 Å². The van der Waals surface area contributed by atoms with Gasteiger partial charge in [-0.2, -0.15) is 13.2 Å². The number of halogens is 4. The average molecular weight is 450 g/mol. The number of aliphatic carboxylic acids is 2. The molecule has 0 aliphatic heterocycles. The molecule has 2 aromatic rings. The van der Waals surface area contributed by atoms with Crippen molar-refractivity contribution < 1.29 is 46.9 Å². The minimum Gasteiger partial charge on any atom is -0.481 e. The molecule has 0 aliphatic rings. The van der Waals surface area contributed by atoms with Gasteiger partial charge in [-0.15, -0.1) is 11.3 Å². The van der Waals surface area contributed by atoms with E-state index >= 15 is 0 Å². The van der Waals surface area contributed by atoms with E-state index in [9.17, 15) is 27.2 Å². The summed E-state index contributed by atoms with van der Waals surface area (Å²) in [5.41, 5.74) is 5.44. The highest BCUT2D eigenvalue weighted by molar-refractivity contribution is 7.13. The van der Waals surface area contributed by atoms with Crippen molar-refractivity contribution in [3.05, 3.63) is 51.5 Å². The van der Waals surface area contributed by atoms with Crippen molar-refractivity contribution in [2.24, 2.45) is 5.73 Å². The van der Waals surface area contributed by atoms with Gasteiger partial charge in [0.2, 0.25) is 0 Å². The number of hydrogen-bond acceptors (Lipinski definition) is 6. The summed E-state index contributed by atoms with van der Waals surface area (Å²) in [5.74, 6) is -5.76. The van der Waals surface area contributed by atoms with E-state index in [1.165, 1.54) is 18.2 Å². The number of carbonyl (C=O) groups is 3. The molecule has 0 radical (unpaired) electrons. The van der Waals surface area contributed by atoms with Crippen molar-refractivity contribution in [1.82, 2.24) is 0 Å². The fraction of sp³-hybridized carbons (Fsp3) is 0.176. The molecular formula is C17H14F4N2O6S. The fourth-order valence-electron chi connectivity index (χ4n) is 1.75. The lowest BCUT2D eigenvalue weighted by Crippen LogP contribution is -2.21. The average Bonchev–Trinajstić information content (AvgIpc) is 3.10. The standard InChI is InChI=1S/C15H13FN2O4S.C2HF3O2/c16-10-7-8(14(17)18)1-4-11(10)22-15(21)12-5-2-9(23-12)3-6-13(19)20;3-2(4,5)1(6)7/h1-2,4-5,7H,3,6H2,(H3,17,18)(H,19,20);(H,6,7). The van der Waals surface area contributed by atoms with E-state index in [-0.39, 0.29) is 28.4 Å². The maximum atomic E-state index is 13.8. The molecule has 13 heteroatoms. The van der Waals surface area contributed by atoms with Gasteiger partial charge < -0.3 is 20.7 Å². The first-order valence-electron chi connectivity index (χ1n) is 7.78. The Bertz CT molecular complexity index is 958. The molecule has 162 valence electrons. The third-order valence-electron chi connectivity index (χ3n) is 3.14. The molecule has 1 aromatic carbocycles. The SMILES string of the molecule is N=C(N)c1ccc(OC(=O)c2ccc(CCC(=O)O)s2)c(F)c1.O=C(O)C(F)(F)F. The Morgan fingerprint density at radius 2 is 1.73 bits per heavy atom. The van der Waals surface area contributed by atoms with Crippen LogP contribution in [0.4, 0.5) is 17.6 Å². The number of hydrogen-bond donors (Lipinski definition) is 4. The molecule has 8 nitrogen and oxygen atoms in total. The second-order valence-electron chi connectivity index (χ2n) is 5.41. The van der Waals surface area contributed by atoms with Crippen LogP contribution in [-0.4, -0.2) is 40.1 Å². The van der Waals surface area contributed by atoms with E-state index < -0.39 is 29.9 Å². The number of amidine groups is 1. The summed E-state index contributed by atoms with van der Waals surface area (Å²) in [7, 11) is 0. The normalized spacial score (nSPS) is 10.5. The van der Waals surface area contributed by atoms with Gasteiger partial charge in [0.1, 0.15) is 10.7 Å². The summed E-state index contributed by atoms with van der Waals surface area (Å²) in [4.78, 5) is 32.4. The van der Waals surface area contributed by atoms with Crippen LogP contribution in [0.1, 0.15) is 26.5 Å². The number of aryl methyl sites for hydroxylation is 1. The lowest BCUT2D eigenvalue weighted by atomic mass is 10.2. The zero-order valence-corrected chi connectivity index (χ0v) is 15.6. The summed E-state index contributed by atoms with van der Waals surface area (Å²) in [6.07, 6.45) is -4.80. The van der Waals surface area contributed by atoms with E-state index in [1.54, 1.807) is 6.07 Å². The molecule has 0 saturated carbocycles. The molecule has 1 heterocycles. The van der Waals surface area contributed by atoms with Gasteiger partial charge in [0.05, 0.1) is 6.42 Å². The van der Waals surface area contributed by atoms with E-state index in [1.807, 2.05) is 0 Å². The maximum Gasteiger partial charge on any atom is 0.490 e. The van der Waals surface area contributed by atoms with Crippen molar-refractivity contribution in [1.29, 1.82) is 5.41 Å². The predicted octanol–water partition coefficient (Wildman–Crippen LogP) is 3.04. The van der Waals surface area contributed by atoms with Crippen LogP contribution in [0.2, 0.25) is 0 Å². The quantitative estimate of drug-likeness (QED) is 0.174. The second kappa shape index (κ2) is 10.3. The van der Waals surface area contributed by atoms with Crippen molar-refractivity contribution in [3.63, 3.8) is 0 Å². The summed E-state index contributed by atoms with van der Waals surface area (Å²) in [6, 6.07) is 6.76. The van der Waals surface area contributed by atoms with Crippen LogP contribution < -0.4 is 10.5 Å². The Labute approximate surface area is 170 Å². The van der Waals surface area contributed by atoms with E-state index in [0.717, 1.165) is 22.3 Å². The molecule has 30 heavy (non-hydrogen) atoms. The molecule has 2 rings (SSSR count). The monoisotopic (exact) mass is 450 g/mol. The Morgan fingerprint density at radius 1 is 1.13 bits per heavy atom. The topological polar surface area (TPSA) is 151 Å². The molecule has 0 atom stereocenters. The predicted molar refractivity (Wildman–Crippen MR) is 96.3 cm³/mol. The molecule has 0 amide bonds. The first-order valence-corrected chi connectivity index (χ1v) is 8.59. The van der Waals surface area contributed by atoms with Crippen LogP contribution in [-0.2, 0) is 16.0 Å². The van der Waals surface area contributed by atoms with E-state index in [4.69, 9.17) is 30.9 Å². The molecule has 0 aliphatic carbocycles. The fourth-order valence-corrected chi connectivity index (χ4v) is 2.64. The van der Waals surface area contributed by atoms with Gasteiger partial charge in [-0.3, -0.25) is 10.2 Å². The molecule has 5 N–H and O–H groups in total. The number of thiophene rings is 1. The number of nitrogen functional groups attached to an aromatic ring is 1. The number of carboxylic acid groups (broad SMARTS) is 2. The van der Waals surface area contributed by atoms with Crippen molar-refractivity contribution in [2.45, 2.75) is 19.0 Å². The summed E-state index contributed by atoms with van der Waals surface area (Å²) in [5, 5.41) is 23.0. The Balaban J connectivity index is 0.000000553. The summed E-state index contributed by atoms with van der Waals surface area (Å²) in [6.45, 7) is 0. The summed E-state index contributed by atoms with van der Waals surface area (Å²) >= 11 is 1.10. The van der Waals surface area contributed by atoms with E-state index in [0.29, 0.717) is 6.42 Å². The highest BCUT2D eigenvalue weighted by Gasteiger charge is 2.38. The van der Waals surface area contributed by atoms with Crippen LogP contribution in [0.15, 0.2) is 30.3 Å².